The van der Waals surface area contributed by atoms with Crippen LogP contribution in [0.5, 0.6) is 0 Å². The van der Waals surface area contributed by atoms with Gasteiger partial charge < -0.3 is 11.1 Å². The summed E-state index contributed by atoms with van der Waals surface area (Å²) in [7, 11) is -3.84. The minimum Gasteiger partial charge on any atom is -0.399 e. The molecule has 0 saturated carbocycles. The molecule has 1 heterocycles. The van der Waals surface area contributed by atoms with Gasteiger partial charge in [0.2, 0.25) is 11.0 Å². The molecule has 2 rings (SSSR count). The lowest BCUT2D eigenvalue weighted by atomic mass is 10.3. The molecule has 1 aromatic heterocycles. The highest BCUT2D eigenvalue weighted by atomic mass is 32.2. The quantitative estimate of drug-likeness (QED) is 0.568. The molecule has 0 fully saturated rings. The molecule has 0 radical (unpaired) electrons. The maximum atomic E-state index is 12.0. The Labute approximate surface area is 119 Å². The van der Waals surface area contributed by atoms with Crippen LogP contribution in [-0.2, 0) is 14.8 Å². The standard InChI is InChI=1S/C10H11N5O3S2/c1-6(16)12-9-13-14-10(19-9)20(17,18)15-8-4-2-7(11)3-5-8/h2-5,15H,11H2,1H3,(H,12,13,16). The molecule has 0 saturated heterocycles. The number of nitrogen functional groups attached to an aromatic ring is 1. The van der Waals surface area contributed by atoms with Gasteiger partial charge >= 0.3 is 0 Å². The summed E-state index contributed by atoms with van der Waals surface area (Å²) in [6, 6.07) is 6.20. The zero-order chi connectivity index (χ0) is 14.8. The Hall–Kier alpha value is -2.20. The molecule has 0 spiro atoms. The van der Waals surface area contributed by atoms with Gasteiger partial charge in [0.05, 0.1) is 0 Å². The Bertz CT molecular complexity index is 724. The van der Waals surface area contributed by atoms with Gasteiger partial charge in [-0.1, -0.05) is 11.3 Å². The molecule has 0 bridgehead atoms. The number of benzene rings is 1. The highest BCUT2D eigenvalue weighted by Gasteiger charge is 2.20. The van der Waals surface area contributed by atoms with Gasteiger partial charge in [-0.25, -0.2) is 0 Å². The predicted octanol–water partition coefficient (Wildman–Crippen LogP) is 0.879. The van der Waals surface area contributed by atoms with Crippen molar-refractivity contribution in [2.45, 2.75) is 11.3 Å². The number of amides is 1. The van der Waals surface area contributed by atoms with Crippen molar-refractivity contribution in [3.05, 3.63) is 24.3 Å². The van der Waals surface area contributed by atoms with E-state index in [-0.39, 0.29) is 15.4 Å². The van der Waals surface area contributed by atoms with E-state index < -0.39 is 10.0 Å². The van der Waals surface area contributed by atoms with Crippen molar-refractivity contribution in [1.29, 1.82) is 0 Å². The van der Waals surface area contributed by atoms with Gasteiger partial charge in [0.15, 0.2) is 0 Å². The number of nitrogens with one attached hydrogen (secondary N) is 2. The Morgan fingerprint density at radius 1 is 1.25 bits per heavy atom. The van der Waals surface area contributed by atoms with Gasteiger partial charge in [0, 0.05) is 18.3 Å². The Kier molecular flexibility index (Phi) is 3.86. The largest absolute Gasteiger partial charge is 0.399 e. The molecule has 8 nitrogen and oxygen atoms in total. The van der Waals surface area contributed by atoms with E-state index in [1.54, 1.807) is 12.1 Å². The topological polar surface area (TPSA) is 127 Å². The van der Waals surface area contributed by atoms with E-state index in [0.29, 0.717) is 11.4 Å². The summed E-state index contributed by atoms with van der Waals surface area (Å²) in [5.74, 6) is -0.350. The summed E-state index contributed by atoms with van der Waals surface area (Å²) in [5, 5.41) is 9.60. The number of nitrogens with two attached hydrogens (primary N) is 1. The highest BCUT2D eigenvalue weighted by molar-refractivity contribution is 7.94. The van der Waals surface area contributed by atoms with Crippen LogP contribution in [0.4, 0.5) is 16.5 Å². The molecule has 0 aliphatic carbocycles. The fourth-order valence-electron chi connectivity index (χ4n) is 1.27. The van der Waals surface area contributed by atoms with Gasteiger partial charge in [-0.2, -0.15) is 8.42 Å². The molecule has 1 aromatic carbocycles. The molecular formula is C10H11N5O3S2. The summed E-state index contributed by atoms with van der Waals surface area (Å²) < 4.78 is 26.2. The molecular weight excluding hydrogens is 302 g/mol. The number of aromatic nitrogens is 2. The summed E-state index contributed by atoms with van der Waals surface area (Å²) in [6.45, 7) is 1.29. The minimum absolute atomic E-state index is 0.121. The van der Waals surface area contributed by atoms with E-state index in [1.807, 2.05) is 0 Å². The zero-order valence-corrected chi connectivity index (χ0v) is 12.0. The number of carbonyl (C=O) groups excluding carboxylic acids is 1. The van der Waals surface area contributed by atoms with Crippen molar-refractivity contribution in [1.82, 2.24) is 10.2 Å². The van der Waals surface area contributed by atoms with Crippen LogP contribution in [0, 0.1) is 0 Å². The van der Waals surface area contributed by atoms with Crippen molar-refractivity contribution < 1.29 is 13.2 Å². The molecule has 4 N–H and O–H groups in total. The molecule has 10 heteroatoms. The summed E-state index contributed by atoms with van der Waals surface area (Å²) >= 11 is 0.761. The average Bonchev–Trinajstić information content (AvgIpc) is 2.80. The first-order valence-corrected chi connectivity index (χ1v) is 7.66. The Morgan fingerprint density at radius 2 is 1.90 bits per heavy atom. The number of rotatable bonds is 4. The van der Waals surface area contributed by atoms with Crippen LogP contribution in [-0.4, -0.2) is 24.5 Å². The second-order valence-corrected chi connectivity index (χ2v) is 6.62. The molecule has 0 unspecified atom stereocenters. The third kappa shape index (κ3) is 3.42. The van der Waals surface area contributed by atoms with Crippen molar-refractivity contribution >= 4 is 43.8 Å². The predicted molar refractivity (Wildman–Crippen MR) is 75.9 cm³/mol. The molecule has 0 aliphatic rings. The number of nitrogens with zero attached hydrogens (tertiary/aromatic N) is 2. The van der Waals surface area contributed by atoms with E-state index in [9.17, 15) is 13.2 Å². The van der Waals surface area contributed by atoms with Crippen molar-refractivity contribution in [2.24, 2.45) is 0 Å². The zero-order valence-electron chi connectivity index (χ0n) is 10.3. The van der Waals surface area contributed by atoms with Crippen LogP contribution >= 0.6 is 11.3 Å². The number of carbonyl (C=O) groups is 1. The molecule has 20 heavy (non-hydrogen) atoms. The summed E-state index contributed by atoms with van der Waals surface area (Å²) in [6.07, 6.45) is 0. The maximum Gasteiger partial charge on any atom is 0.291 e. The van der Waals surface area contributed by atoms with Crippen molar-refractivity contribution in [2.75, 3.05) is 15.8 Å². The van der Waals surface area contributed by atoms with Crippen LogP contribution in [0.3, 0.4) is 0 Å². The smallest absolute Gasteiger partial charge is 0.291 e. The molecule has 2 aromatic rings. The number of anilines is 3. The van der Waals surface area contributed by atoms with Crippen LogP contribution in [0.25, 0.3) is 0 Å². The van der Waals surface area contributed by atoms with E-state index in [0.717, 1.165) is 11.3 Å². The molecule has 0 atom stereocenters. The lowest BCUT2D eigenvalue weighted by molar-refractivity contribution is -0.114. The second kappa shape index (κ2) is 5.43. The van der Waals surface area contributed by atoms with Gasteiger partial charge in [0.25, 0.3) is 14.4 Å². The van der Waals surface area contributed by atoms with E-state index in [2.05, 4.69) is 20.2 Å². The van der Waals surface area contributed by atoms with Crippen LogP contribution < -0.4 is 15.8 Å². The second-order valence-electron chi connectivity index (χ2n) is 3.78. The third-order valence-corrected chi connectivity index (χ3v) is 4.67. The minimum atomic E-state index is -3.84. The van der Waals surface area contributed by atoms with E-state index >= 15 is 0 Å². The van der Waals surface area contributed by atoms with Crippen molar-refractivity contribution in [3.63, 3.8) is 0 Å². The highest BCUT2D eigenvalue weighted by Crippen LogP contribution is 2.22. The SMILES string of the molecule is CC(=O)Nc1nnc(S(=O)(=O)Nc2ccc(N)cc2)s1. The fourth-order valence-corrected chi connectivity index (χ4v) is 3.28. The Balaban J connectivity index is 2.19. The summed E-state index contributed by atoms with van der Waals surface area (Å²) in [4.78, 5) is 10.8. The van der Waals surface area contributed by atoms with Gasteiger partial charge in [-0.15, -0.1) is 10.2 Å². The maximum absolute atomic E-state index is 12.0. The van der Waals surface area contributed by atoms with Crippen LogP contribution in [0.1, 0.15) is 6.92 Å². The molecule has 106 valence electrons. The first-order chi connectivity index (χ1) is 9.37. The van der Waals surface area contributed by atoms with Crippen LogP contribution in [0.15, 0.2) is 28.6 Å². The number of hydrogen-bond donors (Lipinski definition) is 3. The third-order valence-electron chi connectivity index (χ3n) is 2.08. The fraction of sp³-hybridized carbons (Fsp3) is 0.100. The van der Waals surface area contributed by atoms with E-state index in [4.69, 9.17) is 5.73 Å². The Morgan fingerprint density at radius 3 is 2.50 bits per heavy atom. The van der Waals surface area contributed by atoms with Gasteiger partial charge in [0.1, 0.15) is 0 Å². The first kappa shape index (κ1) is 14.2. The lowest BCUT2D eigenvalue weighted by Gasteiger charge is -2.04. The average molecular weight is 313 g/mol. The number of sulfonamides is 1. The molecule has 1 amide bonds. The van der Waals surface area contributed by atoms with Gasteiger partial charge in [-0.05, 0) is 24.3 Å². The van der Waals surface area contributed by atoms with Crippen molar-refractivity contribution in [3.8, 4) is 0 Å². The normalized spacial score (nSPS) is 11.1. The summed E-state index contributed by atoms with van der Waals surface area (Å²) in [5.41, 5.74) is 6.40. The monoisotopic (exact) mass is 313 g/mol. The van der Waals surface area contributed by atoms with Gasteiger partial charge in [-0.3, -0.25) is 9.52 Å². The van der Waals surface area contributed by atoms with Crippen LogP contribution in [0.2, 0.25) is 0 Å². The first-order valence-electron chi connectivity index (χ1n) is 5.36. The number of hydrogen-bond acceptors (Lipinski definition) is 7. The van der Waals surface area contributed by atoms with E-state index in [1.165, 1.54) is 19.1 Å². The lowest BCUT2D eigenvalue weighted by Crippen LogP contribution is -2.12. The molecule has 0 aliphatic heterocycles.